The Labute approximate surface area is 110 Å². The lowest BCUT2D eigenvalue weighted by molar-refractivity contribution is -0.0161. The largest absolute Gasteiger partial charge is 0.374 e. The molecule has 1 aliphatic carbocycles. The number of rotatable bonds is 5. The summed E-state index contributed by atoms with van der Waals surface area (Å²) in [4.78, 5) is 6.91. The van der Waals surface area contributed by atoms with Gasteiger partial charge in [0.2, 0.25) is 0 Å². The van der Waals surface area contributed by atoms with Crippen LogP contribution in [-0.2, 0) is 4.74 Å². The van der Waals surface area contributed by atoms with Gasteiger partial charge in [0, 0.05) is 32.7 Å². The van der Waals surface area contributed by atoms with E-state index in [0.717, 1.165) is 51.2 Å². The highest BCUT2D eigenvalue weighted by atomic mass is 16.5. The average molecular weight is 254 g/mol. The molecule has 2 N–H and O–H groups in total. The molecule has 1 saturated heterocycles. The number of nitrogens with one attached hydrogen (secondary N) is 2. The molecule has 0 aromatic carbocycles. The Hall–Kier alpha value is -0.810. The summed E-state index contributed by atoms with van der Waals surface area (Å²) in [6.07, 6.45) is 2.97. The molecular formula is C13H26N4O. The van der Waals surface area contributed by atoms with E-state index in [1.54, 1.807) is 0 Å². The summed E-state index contributed by atoms with van der Waals surface area (Å²) in [7, 11) is 2.14. The molecule has 0 spiro atoms. The van der Waals surface area contributed by atoms with Crippen molar-refractivity contribution in [2.75, 3.05) is 46.4 Å². The first-order valence-electron chi connectivity index (χ1n) is 7.10. The van der Waals surface area contributed by atoms with Crippen molar-refractivity contribution in [1.29, 1.82) is 0 Å². The van der Waals surface area contributed by atoms with E-state index in [-0.39, 0.29) is 6.10 Å². The predicted molar refractivity (Wildman–Crippen MR) is 73.9 cm³/mol. The second-order valence-corrected chi connectivity index (χ2v) is 5.30. The second-order valence-electron chi connectivity index (χ2n) is 5.30. The summed E-state index contributed by atoms with van der Waals surface area (Å²) in [5.74, 6) is 1.76. The minimum Gasteiger partial charge on any atom is -0.374 e. The summed E-state index contributed by atoms with van der Waals surface area (Å²) in [6, 6.07) is 0. The molecule has 0 aromatic heterocycles. The Morgan fingerprint density at radius 2 is 2.22 bits per heavy atom. The first-order chi connectivity index (χ1) is 8.78. The van der Waals surface area contributed by atoms with Crippen molar-refractivity contribution in [3.05, 3.63) is 0 Å². The lowest BCUT2D eigenvalue weighted by Crippen LogP contribution is -2.48. The summed E-state index contributed by atoms with van der Waals surface area (Å²) in [5, 5.41) is 6.67. The van der Waals surface area contributed by atoms with E-state index in [1.807, 2.05) is 0 Å². The molecule has 0 amide bonds. The zero-order chi connectivity index (χ0) is 12.8. The number of likely N-dealkylation sites (N-methyl/N-ethyl adjacent to an activating group) is 1. The number of hydrogen-bond donors (Lipinski definition) is 2. The van der Waals surface area contributed by atoms with E-state index in [1.165, 1.54) is 12.8 Å². The number of ether oxygens (including phenoxy) is 1. The number of hydrogen-bond acceptors (Lipinski definition) is 3. The molecule has 1 unspecified atom stereocenters. The molecule has 2 rings (SSSR count). The van der Waals surface area contributed by atoms with Crippen molar-refractivity contribution in [2.45, 2.75) is 25.9 Å². The van der Waals surface area contributed by atoms with Crippen LogP contribution in [0.4, 0.5) is 0 Å². The molecule has 5 nitrogen and oxygen atoms in total. The Morgan fingerprint density at radius 3 is 2.89 bits per heavy atom. The van der Waals surface area contributed by atoms with Gasteiger partial charge in [0.1, 0.15) is 0 Å². The number of morpholine rings is 1. The molecule has 2 aliphatic rings. The Kier molecular flexibility index (Phi) is 5.26. The third kappa shape index (κ3) is 4.82. The Balaban J connectivity index is 1.71. The van der Waals surface area contributed by atoms with Gasteiger partial charge in [-0.25, -0.2) is 0 Å². The van der Waals surface area contributed by atoms with E-state index in [2.05, 4.69) is 34.5 Å². The summed E-state index contributed by atoms with van der Waals surface area (Å²) < 4.78 is 5.73. The standard InChI is InChI=1S/C13H26N4O/c1-3-14-13(15-8-11-4-5-11)16-9-12-10-17(2)6-7-18-12/h11-12H,3-10H2,1-2H3,(H2,14,15,16). The van der Waals surface area contributed by atoms with E-state index in [0.29, 0.717) is 0 Å². The van der Waals surface area contributed by atoms with Gasteiger partial charge in [0.05, 0.1) is 12.7 Å². The van der Waals surface area contributed by atoms with Gasteiger partial charge in [0.25, 0.3) is 0 Å². The molecule has 1 aliphatic heterocycles. The van der Waals surface area contributed by atoms with Gasteiger partial charge in [-0.15, -0.1) is 0 Å². The van der Waals surface area contributed by atoms with Gasteiger partial charge in [-0.3, -0.25) is 4.99 Å². The van der Waals surface area contributed by atoms with E-state index >= 15 is 0 Å². The molecule has 2 fully saturated rings. The number of aliphatic imine (C=N–C) groups is 1. The highest BCUT2D eigenvalue weighted by Crippen LogP contribution is 2.28. The highest BCUT2D eigenvalue weighted by Gasteiger charge is 2.21. The lowest BCUT2D eigenvalue weighted by Gasteiger charge is -2.30. The van der Waals surface area contributed by atoms with Crippen LogP contribution in [0.5, 0.6) is 0 Å². The van der Waals surface area contributed by atoms with Gasteiger partial charge < -0.3 is 20.3 Å². The zero-order valence-electron chi connectivity index (χ0n) is 11.6. The maximum atomic E-state index is 5.73. The van der Waals surface area contributed by atoms with Gasteiger partial charge >= 0.3 is 0 Å². The fourth-order valence-electron chi connectivity index (χ4n) is 2.06. The molecule has 0 aromatic rings. The van der Waals surface area contributed by atoms with Crippen LogP contribution in [0.1, 0.15) is 19.8 Å². The molecule has 18 heavy (non-hydrogen) atoms. The van der Waals surface area contributed by atoms with Crippen molar-refractivity contribution >= 4 is 5.96 Å². The monoisotopic (exact) mass is 254 g/mol. The summed E-state index contributed by atoms with van der Waals surface area (Å²) in [6.45, 7) is 7.66. The third-order valence-corrected chi connectivity index (χ3v) is 3.39. The topological polar surface area (TPSA) is 48.9 Å². The fourth-order valence-corrected chi connectivity index (χ4v) is 2.06. The number of nitrogens with zero attached hydrogens (tertiary/aromatic N) is 2. The predicted octanol–water partition coefficient (Wildman–Crippen LogP) is 0.282. The van der Waals surface area contributed by atoms with E-state index < -0.39 is 0 Å². The Bertz CT molecular complexity index is 278. The molecule has 1 atom stereocenters. The number of guanidine groups is 1. The van der Waals surface area contributed by atoms with Crippen molar-refractivity contribution in [1.82, 2.24) is 15.5 Å². The van der Waals surface area contributed by atoms with Crippen LogP contribution in [0.3, 0.4) is 0 Å². The second kappa shape index (κ2) is 6.95. The third-order valence-electron chi connectivity index (χ3n) is 3.39. The SMILES string of the molecule is CCNC(=NCC1CC1)NCC1CN(C)CCO1. The maximum absolute atomic E-state index is 5.73. The average Bonchev–Trinajstić information content (AvgIpc) is 3.17. The molecule has 1 heterocycles. The van der Waals surface area contributed by atoms with Crippen molar-refractivity contribution in [3.8, 4) is 0 Å². The van der Waals surface area contributed by atoms with Gasteiger partial charge in [-0.2, -0.15) is 0 Å². The van der Waals surface area contributed by atoms with Gasteiger partial charge in [-0.05, 0) is 32.7 Å². The van der Waals surface area contributed by atoms with Crippen molar-refractivity contribution in [2.24, 2.45) is 10.9 Å². The Morgan fingerprint density at radius 1 is 1.39 bits per heavy atom. The van der Waals surface area contributed by atoms with E-state index in [9.17, 15) is 0 Å². The first-order valence-corrected chi connectivity index (χ1v) is 7.10. The van der Waals surface area contributed by atoms with Crippen LogP contribution in [0.25, 0.3) is 0 Å². The van der Waals surface area contributed by atoms with Gasteiger partial charge in [-0.1, -0.05) is 0 Å². The van der Waals surface area contributed by atoms with Crippen LogP contribution < -0.4 is 10.6 Å². The smallest absolute Gasteiger partial charge is 0.191 e. The van der Waals surface area contributed by atoms with Crippen LogP contribution >= 0.6 is 0 Å². The molecule has 104 valence electrons. The summed E-state index contributed by atoms with van der Waals surface area (Å²) >= 11 is 0. The quantitative estimate of drug-likeness (QED) is 0.547. The molecule has 0 radical (unpaired) electrons. The zero-order valence-corrected chi connectivity index (χ0v) is 11.6. The molecule has 1 saturated carbocycles. The van der Waals surface area contributed by atoms with Crippen LogP contribution in [0.2, 0.25) is 0 Å². The van der Waals surface area contributed by atoms with Crippen molar-refractivity contribution in [3.63, 3.8) is 0 Å². The lowest BCUT2D eigenvalue weighted by atomic mass is 10.3. The van der Waals surface area contributed by atoms with E-state index in [4.69, 9.17) is 4.74 Å². The normalized spacial score (nSPS) is 26.1. The van der Waals surface area contributed by atoms with Crippen LogP contribution in [-0.4, -0.2) is 63.3 Å². The van der Waals surface area contributed by atoms with Crippen LogP contribution in [0, 0.1) is 5.92 Å². The maximum Gasteiger partial charge on any atom is 0.191 e. The van der Waals surface area contributed by atoms with Crippen molar-refractivity contribution < 1.29 is 4.74 Å². The van der Waals surface area contributed by atoms with Crippen LogP contribution in [0.15, 0.2) is 4.99 Å². The fraction of sp³-hybridized carbons (Fsp3) is 0.923. The molecule has 5 heteroatoms. The summed E-state index contributed by atoms with van der Waals surface area (Å²) in [5.41, 5.74) is 0. The first kappa shape index (κ1) is 13.6. The minimum atomic E-state index is 0.272. The molecule has 0 bridgehead atoms. The highest BCUT2D eigenvalue weighted by molar-refractivity contribution is 5.79. The minimum absolute atomic E-state index is 0.272. The van der Waals surface area contributed by atoms with Gasteiger partial charge in [0.15, 0.2) is 5.96 Å². The molecular weight excluding hydrogens is 228 g/mol.